The Kier molecular flexibility index (Phi) is 2.56. The second kappa shape index (κ2) is 3.84. The topological polar surface area (TPSA) is 17.1 Å². The molecule has 21 heavy (non-hydrogen) atoms. The van der Waals surface area contributed by atoms with Gasteiger partial charge >= 0.3 is 0 Å². The summed E-state index contributed by atoms with van der Waals surface area (Å²) in [7, 11) is 0. The molecular weight excluding hydrogens is 256 g/mol. The van der Waals surface area contributed by atoms with Crippen molar-refractivity contribution < 1.29 is 4.79 Å². The molecule has 0 amide bonds. The Bertz CT molecular complexity index is 556. The first-order valence-corrected chi connectivity index (χ1v) is 8.98. The fraction of sp³-hybridized carbons (Fsp3) is 0.850. The molecule has 0 aliphatic heterocycles. The molecule has 3 saturated carbocycles. The van der Waals surface area contributed by atoms with Crippen LogP contribution in [0.4, 0.5) is 0 Å². The van der Waals surface area contributed by atoms with Gasteiger partial charge in [-0.05, 0) is 60.7 Å². The van der Waals surface area contributed by atoms with Gasteiger partial charge in [-0.1, -0.05) is 45.8 Å². The summed E-state index contributed by atoms with van der Waals surface area (Å²) in [5.74, 6) is 2.62. The summed E-state index contributed by atoms with van der Waals surface area (Å²) in [4.78, 5) is 12.6. The van der Waals surface area contributed by atoms with Gasteiger partial charge in [-0.25, -0.2) is 0 Å². The zero-order valence-corrected chi connectivity index (χ0v) is 14.4. The molecule has 0 unspecified atom stereocenters. The van der Waals surface area contributed by atoms with Gasteiger partial charge in [-0.15, -0.1) is 0 Å². The Morgan fingerprint density at radius 2 is 1.81 bits per heavy atom. The van der Waals surface area contributed by atoms with Crippen LogP contribution >= 0.6 is 0 Å². The number of allylic oxidation sites excluding steroid dienone is 2. The smallest absolute Gasteiger partial charge is 0.139 e. The van der Waals surface area contributed by atoms with Crippen molar-refractivity contribution in [3.05, 3.63) is 11.1 Å². The largest absolute Gasteiger partial charge is 0.299 e. The van der Waals surface area contributed by atoms with E-state index in [9.17, 15) is 4.79 Å². The zero-order chi connectivity index (χ0) is 15.2. The van der Waals surface area contributed by atoms with Crippen LogP contribution in [-0.4, -0.2) is 5.78 Å². The molecule has 0 N–H and O–H groups in total. The molecule has 5 atom stereocenters. The van der Waals surface area contributed by atoms with Crippen LogP contribution in [-0.2, 0) is 4.79 Å². The lowest BCUT2D eigenvalue weighted by molar-refractivity contribution is -0.132. The van der Waals surface area contributed by atoms with E-state index >= 15 is 0 Å². The molecule has 116 valence electrons. The summed E-state index contributed by atoms with van der Waals surface area (Å²) in [6.07, 6.45) is 7.25. The van der Waals surface area contributed by atoms with E-state index in [1.54, 1.807) is 5.57 Å². The highest BCUT2D eigenvalue weighted by Crippen LogP contribution is 2.74. The molecule has 4 rings (SSSR count). The zero-order valence-electron chi connectivity index (χ0n) is 14.4. The second-order valence-corrected chi connectivity index (χ2v) is 9.61. The fourth-order valence-electron chi connectivity index (χ4n) is 6.23. The summed E-state index contributed by atoms with van der Waals surface area (Å²) in [6, 6.07) is 0. The molecule has 4 aliphatic carbocycles. The Balaban J connectivity index is 1.86. The third-order valence-corrected chi connectivity index (χ3v) is 7.85. The van der Waals surface area contributed by atoms with Gasteiger partial charge in [0, 0.05) is 11.8 Å². The highest BCUT2D eigenvalue weighted by Gasteiger charge is 2.69. The average Bonchev–Trinajstić information content (AvgIpc) is 2.95. The SMILES string of the molecule is CC(C)C1=C2[C@H]3[C@H]4C[C@@]4(C)C(=O)C[C@]3(C)CC[C@]2(C)CC1. The standard InChI is InChI=1S/C20H30O/c1-12(2)13-6-7-18(3)8-9-19(4)11-15(21)20(5)10-14(20)17(19)16(13)18/h12,14,17H,6-11H2,1-5H3/t14-,17-,18+,19+,20-/m1/s1. The van der Waals surface area contributed by atoms with E-state index in [1.165, 1.54) is 25.7 Å². The Morgan fingerprint density at radius 3 is 2.48 bits per heavy atom. The Hall–Kier alpha value is -0.590. The first kappa shape index (κ1) is 14.0. The minimum Gasteiger partial charge on any atom is -0.299 e. The number of carbonyl (C=O) groups is 1. The van der Waals surface area contributed by atoms with Crippen LogP contribution in [0.2, 0.25) is 0 Å². The Morgan fingerprint density at radius 1 is 1.10 bits per heavy atom. The van der Waals surface area contributed by atoms with E-state index in [-0.39, 0.29) is 10.8 Å². The molecule has 0 heterocycles. The van der Waals surface area contributed by atoms with E-state index in [2.05, 4.69) is 34.6 Å². The van der Waals surface area contributed by atoms with Gasteiger partial charge in [0.05, 0.1) is 0 Å². The summed E-state index contributed by atoms with van der Waals surface area (Å²) in [5.41, 5.74) is 4.34. The predicted octanol–water partition coefficient (Wildman–Crippen LogP) is 5.15. The average molecular weight is 286 g/mol. The van der Waals surface area contributed by atoms with Crippen molar-refractivity contribution in [2.75, 3.05) is 0 Å². The highest BCUT2D eigenvalue weighted by molar-refractivity contribution is 5.90. The molecular formula is C20H30O. The van der Waals surface area contributed by atoms with Gasteiger partial charge in [0.25, 0.3) is 0 Å². The molecule has 0 saturated heterocycles. The minimum absolute atomic E-state index is 0.0418. The molecule has 4 aliphatic rings. The number of Topliss-reactive ketones (excluding diaryl/α,β-unsaturated/α-hetero) is 1. The van der Waals surface area contributed by atoms with E-state index in [0.717, 1.165) is 12.8 Å². The van der Waals surface area contributed by atoms with Crippen molar-refractivity contribution in [2.24, 2.45) is 34.0 Å². The van der Waals surface area contributed by atoms with Crippen LogP contribution in [0.15, 0.2) is 11.1 Å². The number of hydrogen-bond donors (Lipinski definition) is 0. The van der Waals surface area contributed by atoms with Crippen molar-refractivity contribution in [1.29, 1.82) is 0 Å². The predicted molar refractivity (Wildman–Crippen MR) is 85.9 cm³/mol. The van der Waals surface area contributed by atoms with Gasteiger partial charge in [-0.2, -0.15) is 0 Å². The summed E-state index contributed by atoms with van der Waals surface area (Å²) in [5, 5.41) is 0. The molecule has 0 aromatic rings. The molecule has 3 fully saturated rings. The highest BCUT2D eigenvalue weighted by atomic mass is 16.1. The number of ketones is 1. The first-order valence-electron chi connectivity index (χ1n) is 8.98. The lowest BCUT2D eigenvalue weighted by Gasteiger charge is -2.53. The normalized spacial score (nSPS) is 51.8. The number of hydrogen-bond acceptors (Lipinski definition) is 1. The lowest BCUT2D eigenvalue weighted by Crippen LogP contribution is -2.47. The van der Waals surface area contributed by atoms with Crippen LogP contribution in [0.5, 0.6) is 0 Å². The number of carbonyl (C=O) groups excluding carboxylic acids is 1. The van der Waals surface area contributed by atoms with Crippen LogP contribution in [0.1, 0.15) is 73.1 Å². The fourth-order valence-corrected chi connectivity index (χ4v) is 6.23. The van der Waals surface area contributed by atoms with Crippen LogP contribution in [0, 0.1) is 34.0 Å². The van der Waals surface area contributed by atoms with Gasteiger partial charge in [0.1, 0.15) is 5.78 Å². The van der Waals surface area contributed by atoms with Crippen LogP contribution in [0.3, 0.4) is 0 Å². The molecule has 0 bridgehead atoms. The van der Waals surface area contributed by atoms with Crippen LogP contribution < -0.4 is 0 Å². The van der Waals surface area contributed by atoms with E-state index < -0.39 is 0 Å². The van der Waals surface area contributed by atoms with Crippen LogP contribution in [0.25, 0.3) is 0 Å². The monoisotopic (exact) mass is 286 g/mol. The lowest BCUT2D eigenvalue weighted by atomic mass is 9.51. The molecule has 0 radical (unpaired) electrons. The second-order valence-electron chi connectivity index (χ2n) is 9.61. The summed E-state index contributed by atoms with van der Waals surface area (Å²) in [6.45, 7) is 11.9. The summed E-state index contributed by atoms with van der Waals surface area (Å²) >= 11 is 0. The maximum absolute atomic E-state index is 12.6. The van der Waals surface area contributed by atoms with Crippen molar-refractivity contribution in [1.82, 2.24) is 0 Å². The molecule has 1 heteroatoms. The van der Waals surface area contributed by atoms with Gasteiger partial charge in [0.15, 0.2) is 0 Å². The maximum Gasteiger partial charge on any atom is 0.139 e. The molecule has 0 aromatic heterocycles. The van der Waals surface area contributed by atoms with Gasteiger partial charge in [-0.3, -0.25) is 4.79 Å². The number of fused-ring (bicyclic) bond motifs is 5. The van der Waals surface area contributed by atoms with E-state index in [1.807, 2.05) is 5.57 Å². The number of rotatable bonds is 1. The van der Waals surface area contributed by atoms with E-state index in [0.29, 0.717) is 29.0 Å². The third-order valence-electron chi connectivity index (χ3n) is 7.85. The third kappa shape index (κ3) is 1.61. The Labute approximate surface area is 129 Å². The quantitative estimate of drug-likeness (QED) is 0.609. The van der Waals surface area contributed by atoms with Gasteiger partial charge in [0.2, 0.25) is 0 Å². The van der Waals surface area contributed by atoms with Crippen molar-refractivity contribution in [3.63, 3.8) is 0 Å². The van der Waals surface area contributed by atoms with Crippen molar-refractivity contribution in [2.45, 2.75) is 73.1 Å². The summed E-state index contributed by atoms with van der Waals surface area (Å²) < 4.78 is 0. The maximum atomic E-state index is 12.6. The van der Waals surface area contributed by atoms with Gasteiger partial charge < -0.3 is 0 Å². The van der Waals surface area contributed by atoms with E-state index in [4.69, 9.17) is 0 Å². The molecule has 1 nitrogen and oxygen atoms in total. The van der Waals surface area contributed by atoms with Crippen molar-refractivity contribution in [3.8, 4) is 0 Å². The van der Waals surface area contributed by atoms with Crippen molar-refractivity contribution >= 4 is 5.78 Å². The molecule has 0 aromatic carbocycles. The molecule has 0 spiro atoms. The minimum atomic E-state index is 0.0418. The first-order chi connectivity index (χ1) is 9.71.